The average molecular weight is 333 g/mol. The van der Waals surface area contributed by atoms with Gasteiger partial charge in [0, 0.05) is 18.2 Å². The topological polar surface area (TPSA) is 32.3 Å². The summed E-state index contributed by atoms with van der Waals surface area (Å²) in [5.41, 5.74) is 3.44. The molecular formula is C15H10BrFN2O. The Hall–Kier alpha value is -1.88. The Morgan fingerprint density at radius 3 is 2.90 bits per heavy atom. The molecular weight excluding hydrogens is 323 g/mol. The molecule has 0 spiro atoms. The van der Waals surface area contributed by atoms with Gasteiger partial charge in [0.05, 0.1) is 15.8 Å². The summed E-state index contributed by atoms with van der Waals surface area (Å²) in [7, 11) is 0. The second-order valence-electron chi connectivity index (χ2n) is 4.99. The van der Waals surface area contributed by atoms with Gasteiger partial charge in [-0.2, -0.15) is 0 Å². The van der Waals surface area contributed by atoms with E-state index in [0.717, 1.165) is 11.3 Å². The highest BCUT2D eigenvalue weighted by Gasteiger charge is 2.40. The van der Waals surface area contributed by atoms with E-state index in [9.17, 15) is 9.18 Å². The van der Waals surface area contributed by atoms with Crippen molar-refractivity contribution in [3.05, 3.63) is 52.3 Å². The van der Waals surface area contributed by atoms with Crippen molar-refractivity contribution in [2.24, 2.45) is 0 Å². The van der Waals surface area contributed by atoms with E-state index in [1.54, 1.807) is 6.07 Å². The first-order valence-corrected chi connectivity index (χ1v) is 7.11. The third-order valence-electron chi connectivity index (χ3n) is 3.83. The highest BCUT2D eigenvalue weighted by Crippen LogP contribution is 2.45. The summed E-state index contributed by atoms with van der Waals surface area (Å²) >= 11 is 3.15. The fraction of sp³-hybridized carbons (Fsp3) is 0.133. The third-order valence-corrected chi connectivity index (χ3v) is 4.44. The van der Waals surface area contributed by atoms with Gasteiger partial charge in [0.15, 0.2) is 0 Å². The molecule has 5 heteroatoms. The quantitative estimate of drug-likeness (QED) is 0.799. The maximum atomic E-state index is 13.9. The van der Waals surface area contributed by atoms with Crippen LogP contribution in [0.3, 0.4) is 0 Å². The van der Waals surface area contributed by atoms with Gasteiger partial charge < -0.3 is 10.2 Å². The molecule has 2 aromatic carbocycles. The van der Waals surface area contributed by atoms with Gasteiger partial charge >= 0.3 is 0 Å². The van der Waals surface area contributed by atoms with E-state index < -0.39 is 0 Å². The maximum Gasteiger partial charge on any atom is 0.247 e. The molecule has 20 heavy (non-hydrogen) atoms. The molecule has 1 unspecified atom stereocenters. The van der Waals surface area contributed by atoms with Crippen LogP contribution < -0.4 is 10.2 Å². The van der Waals surface area contributed by atoms with Crippen molar-refractivity contribution in [3.63, 3.8) is 0 Å². The molecule has 1 atom stereocenters. The number of amides is 1. The van der Waals surface area contributed by atoms with Crippen molar-refractivity contribution < 1.29 is 9.18 Å². The number of nitrogens with zero attached hydrogens (tertiary/aromatic N) is 1. The smallest absolute Gasteiger partial charge is 0.247 e. The first-order valence-electron chi connectivity index (χ1n) is 6.32. The van der Waals surface area contributed by atoms with Crippen molar-refractivity contribution in [2.45, 2.75) is 12.5 Å². The van der Waals surface area contributed by atoms with Crippen LogP contribution in [0.4, 0.5) is 21.5 Å². The minimum Gasteiger partial charge on any atom is -0.327 e. The largest absolute Gasteiger partial charge is 0.327 e. The van der Waals surface area contributed by atoms with E-state index >= 15 is 0 Å². The second kappa shape index (κ2) is 4.06. The predicted molar refractivity (Wildman–Crippen MR) is 78.8 cm³/mol. The van der Waals surface area contributed by atoms with Crippen LogP contribution in [0.1, 0.15) is 5.56 Å². The Morgan fingerprint density at radius 2 is 2.05 bits per heavy atom. The fourth-order valence-corrected chi connectivity index (χ4v) is 3.29. The third kappa shape index (κ3) is 1.53. The second-order valence-corrected chi connectivity index (χ2v) is 5.85. The maximum absolute atomic E-state index is 13.9. The van der Waals surface area contributed by atoms with Crippen molar-refractivity contribution in [1.82, 2.24) is 0 Å². The van der Waals surface area contributed by atoms with E-state index in [-0.39, 0.29) is 17.8 Å². The lowest BCUT2D eigenvalue weighted by atomic mass is 10.1. The van der Waals surface area contributed by atoms with Crippen LogP contribution in [-0.2, 0) is 11.2 Å². The van der Waals surface area contributed by atoms with Gasteiger partial charge in [0.1, 0.15) is 11.9 Å². The zero-order valence-corrected chi connectivity index (χ0v) is 11.9. The number of nitrogens with one attached hydrogen (secondary N) is 1. The van der Waals surface area contributed by atoms with Gasteiger partial charge in [-0.1, -0.05) is 18.2 Å². The van der Waals surface area contributed by atoms with Crippen LogP contribution in [0.25, 0.3) is 0 Å². The number of hydrogen-bond acceptors (Lipinski definition) is 2. The van der Waals surface area contributed by atoms with E-state index in [0.29, 0.717) is 22.3 Å². The van der Waals surface area contributed by atoms with Gasteiger partial charge in [-0.05, 0) is 33.6 Å². The molecule has 2 aliphatic heterocycles. The summed E-state index contributed by atoms with van der Waals surface area (Å²) in [6.07, 6.45) is 0.652. The Morgan fingerprint density at radius 1 is 1.25 bits per heavy atom. The summed E-state index contributed by atoms with van der Waals surface area (Å²) in [6, 6.07) is 10.7. The summed E-state index contributed by atoms with van der Waals surface area (Å²) in [5, 5.41) is 2.86. The zero-order valence-electron chi connectivity index (χ0n) is 10.4. The predicted octanol–water partition coefficient (Wildman–Crippen LogP) is 3.60. The molecule has 0 radical (unpaired) electrons. The van der Waals surface area contributed by atoms with Gasteiger partial charge in [-0.15, -0.1) is 0 Å². The molecule has 2 aliphatic rings. The number of fused-ring (bicyclic) bond motifs is 5. The van der Waals surface area contributed by atoms with Gasteiger partial charge in [0.2, 0.25) is 5.91 Å². The number of para-hydroxylation sites is 1. The molecule has 0 saturated carbocycles. The molecule has 1 N–H and O–H groups in total. The monoisotopic (exact) mass is 332 g/mol. The van der Waals surface area contributed by atoms with Crippen molar-refractivity contribution in [1.29, 1.82) is 0 Å². The minimum absolute atomic E-state index is 0.0489. The number of carbonyl (C=O) groups excluding carboxylic acids is 1. The molecule has 0 aromatic heterocycles. The van der Waals surface area contributed by atoms with Crippen LogP contribution in [-0.4, -0.2) is 11.9 Å². The van der Waals surface area contributed by atoms with Crippen molar-refractivity contribution in [2.75, 3.05) is 10.2 Å². The standard InChI is InChI=1S/C15H10BrFN2O/c16-9-6-11-13(7-10(9)17)19-12-4-2-1-3-8(12)5-14(19)15(20)18-11/h1-4,6-7,14H,5H2,(H,18,20). The molecule has 3 nitrogen and oxygen atoms in total. The molecule has 0 fully saturated rings. The first-order chi connectivity index (χ1) is 9.65. The summed E-state index contributed by atoms with van der Waals surface area (Å²) in [5.74, 6) is -0.379. The van der Waals surface area contributed by atoms with Crippen LogP contribution in [0, 0.1) is 5.82 Å². The molecule has 4 rings (SSSR count). The van der Waals surface area contributed by atoms with Gasteiger partial charge in [-0.25, -0.2) is 4.39 Å². The summed E-state index contributed by atoms with van der Waals surface area (Å²) < 4.78 is 14.2. The summed E-state index contributed by atoms with van der Waals surface area (Å²) in [6.45, 7) is 0. The number of hydrogen-bond donors (Lipinski definition) is 1. The van der Waals surface area contributed by atoms with Crippen LogP contribution in [0.5, 0.6) is 0 Å². The normalized spacial score (nSPS) is 19.2. The molecule has 0 saturated heterocycles. The van der Waals surface area contributed by atoms with E-state index in [2.05, 4.69) is 21.2 Å². The lowest BCUT2D eigenvalue weighted by Gasteiger charge is -2.33. The molecule has 100 valence electrons. The van der Waals surface area contributed by atoms with Crippen molar-refractivity contribution in [3.8, 4) is 0 Å². The highest BCUT2D eigenvalue weighted by molar-refractivity contribution is 9.10. The number of rotatable bonds is 0. The Kier molecular flexibility index (Phi) is 2.41. The highest BCUT2D eigenvalue weighted by atomic mass is 79.9. The zero-order chi connectivity index (χ0) is 13.9. The van der Waals surface area contributed by atoms with Gasteiger partial charge in [0.25, 0.3) is 0 Å². The van der Waals surface area contributed by atoms with Crippen LogP contribution in [0.15, 0.2) is 40.9 Å². The first kappa shape index (κ1) is 11.9. The van der Waals surface area contributed by atoms with Crippen LogP contribution in [0.2, 0.25) is 0 Å². The number of benzene rings is 2. The molecule has 0 aliphatic carbocycles. The number of halogens is 2. The Labute approximate surface area is 123 Å². The van der Waals surface area contributed by atoms with Gasteiger partial charge in [-0.3, -0.25) is 4.79 Å². The fourth-order valence-electron chi connectivity index (χ4n) is 2.95. The Bertz CT molecular complexity index is 747. The SMILES string of the molecule is O=C1Nc2cc(Br)c(F)cc2N2c3ccccc3CC12. The minimum atomic E-state index is -0.331. The lowest BCUT2D eigenvalue weighted by Crippen LogP contribution is -2.43. The van der Waals surface area contributed by atoms with E-state index in [1.807, 2.05) is 29.2 Å². The van der Waals surface area contributed by atoms with E-state index in [1.165, 1.54) is 6.07 Å². The molecule has 1 amide bonds. The number of carbonyl (C=O) groups is 1. The summed E-state index contributed by atoms with van der Waals surface area (Å²) in [4.78, 5) is 14.2. The van der Waals surface area contributed by atoms with E-state index in [4.69, 9.17) is 0 Å². The lowest BCUT2D eigenvalue weighted by molar-refractivity contribution is -0.117. The Balaban J connectivity index is 1.96. The van der Waals surface area contributed by atoms with Crippen molar-refractivity contribution >= 4 is 38.9 Å². The van der Waals surface area contributed by atoms with Crippen LogP contribution >= 0.6 is 15.9 Å². The molecule has 2 heterocycles. The molecule has 0 bridgehead atoms. The average Bonchev–Trinajstić information content (AvgIpc) is 2.82. The number of anilines is 3. The molecule has 2 aromatic rings.